The summed E-state index contributed by atoms with van der Waals surface area (Å²) in [5, 5.41) is 5.53. The van der Waals surface area contributed by atoms with Gasteiger partial charge < -0.3 is 31.6 Å². The third-order valence-corrected chi connectivity index (χ3v) is 5.52. The first-order chi connectivity index (χ1) is 18.9. The molecule has 3 amide bonds. The van der Waals surface area contributed by atoms with Gasteiger partial charge in [0.25, 0.3) is 0 Å². The van der Waals surface area contributed by atoms with Crippen LogP contribution in [0.2, 0.25) is 0 Å². The molecular weight excluding hydrogens is 496 g/mol. The molecule has 0 saturated carbocycles. The zero-order valence-electron chi connectivity index (χ0n) is 22.1. The quantitative estimate of drug-likeness (QED) is 0.243. The summed E-state index contributed by atoms with van der Waals surface area (Å²) in [5.41, 5.74) is 13.8. The molecule has 0 aliphatic rings. The number of hydrogen-bond acceptors (Lipinski definition) is 6. The van der Waals surface area contributed by atoms with E-state index in [0.29, 0.717) is 25.9 Å². The maximum absolute atomic E-state index is 12.0. The third kappa shape index (κ3) is 14.8. The van der Waals surface area contributed by atoms with Crippen LogP contribution in [0.3, 0.4) is 0 Å². The van der Waals surface area contributed by atoms with Gasteiger partial charge in [0, 0.05) is 13.1 Å². The van der Waals surface area contributed by atoms with Crippen LogP contribution in [0.1, 0.15) is 36.0 Å². The largest absolute Gasteiger partial charge is 0.445 e. The van der Waals surface area contributed by atoms with Crippen LogP contribution in [0.25, 0.3) is 0 Å². The van der Waals surface area contributed by atoms with E-state index >= 15 is 0 Å². The number of amides is 3. The van der Waals surface area contributed by atoms with E-state index in [-0.39, 0.29) is 19.1 Å². The Hall–Kier alpha value is -4.37. The van der Waals surface area contributed by atoms with Crippen molar-refractivity contribution in [3.05, 3.63) is 108 Å². The van der Waals surface area contributed by atoms with Gasteiger partial charge in [-0.3, -0.25) is 4.79 Å². The average Bonchev–Trinajstić information content (AvgIpc) is 2.97. The van der Waals surface area contributed by atoms with Crippen molar-refractivity contribution in [2.24, 2.45) is 11.5 Å². The molecule has 6 N–H and O–H groups in total. The maximum Gasteiger partial charge on any atom is 0.407 e. The highest BCUT2D eigenvalue weighted by Crippen LogP contribution is 2.03. The van der Waals surface area contributed by atoms with Gasteiger partial charge in [-0.1, -0.05) is 91.0 Å². The van der Waals surface area contributed by atoms with E-state index in [4.69, 9.17) is 16.2 Å². The molecule has 9 nitrogen and oxygen atoms in total. The summed E-state index contributed by atoms with van der Waals surface area (Å²) >= 11 is 0. The Bertz CT molecular complexity index is 1100. The second kappa shape index (κ2) is 18.8. The Morgan fingerprint density at radius 1 is 0.667 bits per heavy atom. The van der Waals surface area contributed by atoms with Gasteiger partial charge in [-0.2, -0.15) is 0 Å². The molecule has 0 bridgehead atoms. The summed E-state index contributed by atoms with van der Waals surface area (Å²) in [4.78, 5) is 33.8. The van der Waals surface area contributed by atoms with Gasteiger partial charge in [0.1, 0.15) is 13.2 Å². The van der Waals surface area contributed by atoms with E-state index < -0.39 is 18.2 Å². The fourth-order valence-electron chi connectivity index (χ4n) is 3.43. The zero-order valence-corrected chi connectivity index (χ0v) is 22.1. The lowest BCUT2D eigenvalue weighted by molar-refractivity contribution is -0.122. The minimum absolute atomic E-state index is 0.153. The van der Waals surface area contributed by atoms with Crippen molar-refractivity contribution in [1.29, 1.82) is 0 Å². The second-order valence-electron chi connectivity index (χ2n) is 8.71. The van der Waals surface area contributed by atoms with Gasteiger partial charge >= 0.3 is 12.2 Å². The van der Waals surface area contributed by atoms with E-state index in [2.05, 4.69) is 27.5 Å². The number of rotatable bonds is 13. The molecule has 39 heavy (non-hydrogen) atoms. The average molecular weight is 535 g/mol. The number of ether oxygens (including phenoxy) is 2. The molecule has 0 aromatic heterocycles. The van der Waals surface area contributed by atoms with Crippen molar-refractivity contribution in [3.63, 3.8) is 0 Å². The minimum Gasteiger partial charge on any atom is -0.445 e. The summed E-state index contributed by atoms with van der Waals surface area (Å²) < 4.78 is 9.69. The van der Waals surface area contributed by atoms with Crippen molar-refractivity contribution >= 4 is 18.1 Å². The van der Waals surface area contributed by atoms with E-state index in [1.54, 1.807) is 0 Å². The molecular formula is C30H38N4O5. The third-order valence-electron chi connectivity index (χ3n) is 5.52. The van der Waals surface area contributed by atoms with E-state index in [9.17, 15) is 14.4 Å². The summed E-state index contributed by atoms with van der Waals surface area (Å²) in [6.45, 7) is 1.50. The number of nitrogens with one attached hydrogen (secondary N) is 2. The van der Waals surface area contributed by atoms with Crippen LogP contribution >= 0.6 is 0 Å². The van der Waals surface area contributed by atoms with Crippen molar-refractivity contribution in [2.75, 3.05) is 13.1 Å². The number of carbonyl (C=O) groups is 3. The molecule has 0 heterocycles. The Labute approximate surface area is 229 Å². The summed E-state index contributed by atoms with van der Waals surface area (Å²) in [6, 6.07) is 28.4. The monoisotopic (exact) mass is 534 g/mol. The second-order valence-corrected chi connectivity index (χ2v) is 8.71. The van der Waals surface area contributed by atoms with Crippen LogP contribution < -0.4 is 22.1 Å². The number of carbonyl (C=O) groups excluding carboxylic acids is 3. The number of hydrogen-bond donors (Lipinski definition) is 4. The fourth-order valence-corrected chi connectivity index (χ4v) is 3.43. The van der Waals surface area contributed by atoms with Gasteiger partial charge in [-0.15, -0.1) is 0 Å². The van der Waals surface area contributed by atoms with Crippen LogP contribution in [0.5, 0.6) is 0 Å². The fraction of sp³-hybridized carbons (Fsp3) is 0.300. The zero-order chi connectivity index (χ0) is 28.1. The lowest BCUT2D eigenvalue weighted by Gasteiger charge is -2.12. The first-order valence-corrected chi connectivity index (χ1v) is 12.9. The summed E-state index contributed by atoms with van der Waals surface area (Å²) in [5.74, 6) is -0.153. The molecule has 0 radical (unpaired) electrons. The summed E-state index contributed by atoms with van der Waals surface area (Å²) in [6.07, 6.45) is 1.70. The summed E-state index contributed by atoms with van der Waals surface area (Å²) in [7, 11) is 0. The molecule has 0 saturated heterocycles. The van der Waals surface area contributed by atoms with Gasteiger partial charge in [0.15, 0.2) is 0 Å². The van der Waals surface area contributed by atoms with Gasteiger partial charge in [-0.05, 0) is 42.4 Å². The molecule has 0 aliphatic carbocycles. The van der Waals surface area contributed by atoms with Crippen molar-refractivity contribution in [3.8, 4) is 0 Å². The first kappa shape index (κ1) is 30.9. The molecule has 0 spiro atoms. The number of alkyl carbamates (subject to hydrolysis) is 1. The SMILES string of the molecule is NC(=O)OCc1ccccc1.NC(CCCNC(=O)OCc1ccccc1)C(=O)NCCCc1ccccc1. The standard InChI is InChI=1S/C22H29N3O3.C8H9NO2/c23-20(21(26)24-15-7-13-18-9-3-1-4-10-18)14-8-16-25-22(27)28-17-19-11-5-2-6-12-19;9-8(10)11-6-7-4-2-1-3-5-7/h1-6,9-12,20H,7-8,13-17,23H2,(H,24,26)(H,25,27);1-5H,6H2,(H2,9,10). The first-order valence-electron chi connectivity index (χ1n) is 12.9. The molecule has 208 valence electrons. The molecule has 9 heteroatoms. The molecule has 0 aliphatic heterocycles. The molecule has 3 aromatic rings. The van der Waals surface area contributed by atoms with Crippen LogP contribution in [-0.2, 0) is 33.9 Å². The Balaban J connectivity index is 0.000000404. The molecule has 0 fully saturated rings. The lowest BCUT2D eigenvalue weighted by atomic mass is 10.1. The normalized spacial score (nSPS) is 10.8. The van der Waals surface area contributed by atoms with Gasteiger partial charge in [0.2, 0.25) is 5.91 Å². The highest BCUT2D eigenvalue weighted by molar-refractivity contribution is 5.81. The topological polar surface area (TPSA) is 146 Å². The van der Waals surface area contributed by atoms with E-state index in [0.717, 1.165) is 24.0 Å². The van der Waals surface area contributed by atoms with Crippen LogP contribution in [0.4, 0.5) is 9.59 Å². The lowest BCUT2D eigenvalue weighted by Crippen LogP contribution is -2.41. The molecule has 1 atom stereocenters. The molecule has 3 rings (SSSR count). The molecule has 3 aromatic carbocycles. The number of aryl methyl sites for hydroxylation is 1. The number of primary amides is 1. The van der Waals surface area contributed by atoms with Crippen molar-refractivity contribution in [2.45, 2.75) is 44.9 Å². The Morgan fingerprint density at radius 2 is 1.15 bits per heavy atom. The van der Waals surface area contributed by atoms with E-state index in [1.807, 2.05) is 78.9 Å². The Morgan fingerprint density at radius 3 is 1.69 bits per heavy atom. The highest BCUT2D eigenvalue weighted by atomic mass is 16.5. The van der Waals surface area contributed by atoms with E-state index in [1.165, 1.54) is 5.56 Å². The smallest absolute Gasteiger partial charge is 0.407 e. The predicted octanol–water partition coefficient (Wildman–Crippen LogP) is 4.05. The van der Waals surface area contributed by atoms with Gasteiger partial charge in [0.05, 0.1) is 6.04 Å². The Kier molecular flexibility index (Phi) is 14.9. The minimum atomic E-state index is -0.742. The predicted molar refractivity (Wildman–Crippen MR) is 150 cm³/mol. The van der Waals surface area contributed by atoms with Crippen LogP contribution in [-0.4, -0.2) is 37.2 Å². The van der Waals surface area contributed by atoms with Crippen LogP contribution in [0.15, 0.2) is 91.0 Å². The van der Waals surface area contributed by atoms with Crippen molar-refractivity contribution in [1.82, 2.24) is 10.6 Å². The van der Waals surface area contributed by atoms with Crippen LogP contribution in [0, 0.1) is 0 Å². The molecule has 1 unspecified atom stereocenters. The number of nitrogens with two attached hydrogens (primary N) is 2. The maximum atomic E-state index is 12.0. The highest BCUT2D eigenvalue weighted by Gasteiger charge is 2.12. The van der Waals surface area contributed by atoms with Crippen molar-refractivity contribution < 1.29 is 23.9 Å². The van der Waals surface area contributed by atoms with Gasteiger partial charge in [-0.25, -0.2) is 9.59 Å². The number of benzene rings is 3.